The Hall–Kier alpha value is -2.61. The zero-order valence-electron chi connectivity index (χ0n) is 11.1. The van der Waals surface area contributed by atoms with Crippen LogP contribution in [0.1, 0.15) is 11.1 Å². The van der Waals surface area contributed by atoms with E-state index in [0.29, 0.717) is 11.3 Å². The Morgan fingerprint density at radius 3 is 2.76 bits per heavy atom. The lowest BCUT2D eigenvalue weighted by molar-refractivity contribution is -0.131. The molecule has 110 valence electrons. The van der Waals surface area contributed by atoms with Crippen LogP contribution in [0.4, 0.5) is 5.69 Å². The van der Waals surface area contributed by atoms with Crippen molar-refractivity contribution < 1.29 is 18.3 Å². The van der Waals surface area contributed by atoms with E-state index in [-0.39, 0.29) is 5.03 Å². The minimum absolute atomic E-state index is 0.0494. The van der Waals surface area contributed by atoms with Crippen molar-refractivity contribution in [2.45, 2.75) is 11.9 Å². The number of aromatic amines is 1. The van der Waals surface area contributed by atoms with Crippen LogP contribution in [-0.2, 0) is 14.8 Å². The number of hydrogen-bond acceptors (Lipinski definition) is 4. The predicted octanol–water partition coefficient (Wildman–Crippen LogP) is 1.62. The number of sulfonamides is 1. The first-order valence-electron chi connectivity index (χ1n) is 5.92. The number of hydrogen-bond donors (Lipinski definition) is 3. The van der Waals surface area contributed by atoms with Crippen molar-refractivity contribution in [1.82, 2.24) is 10.2 Å². The number of carboxylic acids is 1. The average Bonchev–Trinajstić information content (AvgIpc) is 2.89. The first-order valence-corrected chi connectivity index (χ1v) is 7.40. The summed E-state index contributed by atoms with van der Waals surface area (Å²) in [6, 6.07) is 6.27. The normalized spacial score (nSPS) is 11.7. The molecule has 1 heterocycles. The van der Waals surface area contributed by atoms with E-state index in [1.807, 2.05) is 0 Å². The van der Waals surface area contributed by atoms with Gasteiger partial charge in [0.2, 0.25) is 0 Å². The summed E-state index contributed by atoms with van der Waals surface area (Å²) in [5.74, 6) is -1.07. The molecule has 0 aliphatic rings. The molecule has 7 nitrogen and oxygen atoms in total. The highest BCUT2D eigenvalue weighted by atomic mass is 32.2. The molecule has 0 spiro atoms. The second-order valence-corrected chi connectivity index (χ2v) is 5.98. The molecule has 0 radical (unpaired) electrons. The van der Waals surface area contributed by atoms with Gasteiger partial charge < -0.3 is 5.11 Å². The van der Waals surface area contributed by atoms with Crippen LogP contribution in [-0.4, -0.2) is 29.7 Å². The van der Waals surface area contributed by atoms with Gasteiger partial charge in [0.1, 0.15) is 0 Å². The third kappa shape index (κ3) is 3.93. The first-order chi connectivity index (χ1) is 9.87. The third-order valence-corrected chi connectivity index (χ3v) is 3.85. The van der Waals surface area contributed by atoms with Crippen molar-refractivity contribution in [2.75, 3.05) is 4.72 Å². The third-order valence-electron chi connectivity index (χ3n) is 2.53. The van der Waals surface area contributed by atoms with E-state index in [9.17, 15) is 13.2 Å². The maximum absolute atomic E-state index is 12.1. The lowest BCUT2D eigenvalue weighted by atomic mass is 10.1. The summed E-state index contributed by atoms with van der Waals surface area (Å²) in [6.07, 6.45) is 3.72. The number of anilines is 1. The molecule has 0 unspecified atom stereocenters. The van der Waals surface area contributed by atoms with Gasteiger partial charge in [0, 0.05) is 11.8 Å². The summed E-state index contributed by atoms with van der Waals surface area (Å²) in [5.41, 5.74) is 1.72. The van der Waals surface area contributed by atoms with Gasteiger partial charge in [0.05, 0.1) is 6.20 Å². The number of nitrogens with one attached hydrogen (secondary N) is 2. The van der Waals surface area contributed by atoms with Gasteiger partial charge in [-0.25, -0.2) is 4.79 Å². The Labute approximate surface area is 121 Å². The number of carbonyl (C=O) groups is 1. The quantitative estimate of drug-likeness (QED) is 0.727. The molecule has 2 rings (SSSR count). The molecule has 0 bridgehead atoms. The molecule has 0 amide bonds. The van der Waals surface area contributed by atoms with Crippen LogP contribution < -0.4 is 4.72 Å². The highest BCUT2D eigenvalue weighted by molar-refractivity contribution is 7.92. The Kier molecular flexibility index (Phi) is 4.08. The van der Waals surface area contributed by atoms with E-state index in [2.05, 4.69) is 14.9 Å². The van der Waals surface area contributed by atoms with Gasteiger partial charge in [0.25, 0.3) is 10.0 Å². The number of nitrogens with zero attached hydrogens (tertiary/aromatic N) is 1. The number of aryl methyl sites for hydroxylation is 1. The van der Waals surface area contributed by atoms with Crippen LogP contribution in [0.2, 0.25) is 0 Å². The van der Waals surface area contributed by atoms with Gasteiger partial charge in [-0.3, -0.25) is 9.82 Å². The molecule has 1 aromatic heterocycles. The van der Waals surface area contributed by atoms with Crippen LogP contribution in [0, 0.1) is 6.92 Å². The Morgan fingerprint density at radius 1 is 1.38 bits per heavy atom. The molecule has 3 N–H and O–H groups in total. The zero-order chi connectivity index (χ0) is 15.5. The number of rotatable bonds is 5. The fourth-order valence-electron chi connectivity index (χ4n) is 1.74. The second-order valence-electron chi connectivity index (χ2n) is 4.33. The van der Waals surface area contributed by atoms with E-state index >= 15 is 0 Å². The topological polar surface area (TPSA) is 112 Å². The largest absolute Gasteiger partial charge is 0.478 e. The van der Waals surface area contributed by atoms with Crippen molar-refractivity contribution >= 4 is 27.8 Å². The monoisotopic (exact) mass is 307 g/mol. The second kappa shape index (κ2) is 5.80. The SMILES string of the molecule is Cc1cc(/C=C/C(=O)O)cc(NS(=O)(=O)c2ccn[nH]2)c1. The molecule has 1 aromatic carbocycles. The molecule has 0 fully saturated rings. The van der Waals surface area contributed by atoms with E-state index in [1.165, 1.54) is 18.3 Å². The number of benzene rings is 1. The van der Waals surface area contributed by atoms with Gasteiger partial charge in [-0.15, -0.1) is 0 Å². The van der Waals surface area contributed by atoms with Crippen molar-refractivity contribution in [3.8, 4) is 0 Å². The number of aliphatic carboxylic acids is 1. The Morgan fingerprint density at radius 2 is 2.14 bits per heavy atom. The summed E-state index contributed by atoms with van der Waals surface area (Å²) in [6.45, 7) is 1.78. The van der Waals surface area contributed by atoms with Crippen LogP contribution in [0.25, 0.3) is 6.08 Å². The molecule has 21 heavy (non-hydrogen) atoms. The molecule has 0 aliphatic carbocycles. The molecular formula is C13H13N3O4S. The molecule has 0 atom stereocenters. The van der Waals surface area contributed by atoms with Gasteiger partial charge >= 0.3 is 5.97 Å². The van der Waals surface area contributed by atoms with Crippen LogP contribution >= 0.6 is 0 Å². The zero-order valence-corrected chi connectivity index (χ0v) is 11.9. The number of carboxylic acid groups (broad SMARTS) is 1. The van der Waals surface area contributed by atoms with Crippen LogP contribution in [0.15, 0.2) is 41.6 Å². The van der Waals surface area contributed by atoms with Gasteiger partial charge in [-0.05, 0) is 42.3 Å². The van der Waals surface area contributed by atoms with E-state index < -0.39 is 16.0 Å². The maximum atomic E-state index is 12.1. The van der Waals surface area contributed by atoms with Crippen LogP contribution in [0.5, 0.6) is 0 Å². The lowest BCUT2D eigenvalue weighted by Crippen LogP contribution is -2.13. The Balaban J connectivity index is 2.31. The molecular weight excluding hydrogens is 294 g/mol. The molecule has 0 saturated carbocycles. The summed E-state index contributed by atoms with van der Waals surface area (Å²) >= 11 is 0. The lowest BCUT2D eigenvalue weighted by Gasteiger charge is -2.08. The van der Waals surface area contributed by atoms with E-state index in [0.717, 1.165) is 11.6 Å². The molecule has 8 heteroatoms. The maximum Gasteiger partial charge on any atom is 0.328 e. The molecule has 2 aromatic rings. The van der Waals surface area contributed by atoms with Crippen molar-refractivity contribution in [3.05, 3.63) is 47.7 Å². The highest BCUT2D eigenvalue weighted by Crippen LogP contribution is 2.19. The minimum atomic E-state index is -3.74. The minimum Gasteiger partial charge on any atom is -0.478 e. The average molecular weight is 307 g/mol. The number of aromatic nitrogens is 2. The Bertz CT molecular complexity index is 780. The first kappa shape index (κ1) is 14.8. The van der Waals surface area contributed by atoms with Gasteiger partial charge in [-0.2, -0.15) is 13.5 Å². The highest BCUT2D eigenvalue weighted by Gasteiger charge is 2.15. The van der Waals surface area contributed by atoms with Gasteiger partial charge in [-0.1, -0.05) is 6.07 Å². The molecule has 0 aliphatic heterocycles. The summed E-state index contributed by atoms with van der Waals surface area (Å²) in [5, 5.41) is 14.5. The fourth-order valence-corrected chi connectivity index (χ4v) is 2.69. The standard InChI is InChI=1S/C13H13N3O4S/c1-9-6-10(2-3-13(17)18)8-11(7-9)16-21(19,20)12-4-5-14-15-12/h2-8,16H,1H3,(H,14,15)(H,17,18)/b3-2+. The van der Waals surface area contributed by atoms with Crippen LogP contribution in [0.3, 0.4) is 0 Å². The van der Waals surface area contributed by atoms with E-state index in [4.69, 9.17) is 5.11 Å². The van der Waals surface area contributed by atoms with Crippen molar-refractivity contribution in [2.24, 2.45) is 0 Å². The smallest absolute Gasteiger partial charge is 0.328 e. The summed E-state index contributed by atoms with van der Waals surface area (Å²) in [4.78, 5) is 10.5. The van der Waals surface area contributed by atoms with Crippen molar-refractivity contribution in [3.63, 3.8) is 0 Å². The van der Waals surface area contributed by atoms with Crippen molar-refractivity contribution in [1.29, 1.82) is 0 Å². The fraction of sp³-hybridized carbons (Fsp3) is 0.0769. The van der Waals surface area contributed by atoms with E-state index in [1.54, 1.807) is 25.1 Å². The number of H-pyrrole nitrogens is 1. The molecule has 0 saturated heterocycles. The summed E-state index contributed by atoms with van der Waals surface area (Å²) < 4.78 is 26.5. The van der Waals surface area contributed by atoms with Gasteiger partial charge in [0.15, 0.2) is 5.03 Å². The predicted molar refractivity (Wildman–Crippen MR) is 77.2 cm³/mol. The summed E-state index contributed by atoms with van der Waals surface area (Å²) in [7, 11) is -3.74.